The number of carbonyl (C=O) groups is 1. The summed E-state index contributed by atoms with van der Waals surface area (Å²) in [6, 6.07) is 10.7. The summed E-state index contributed by atoms with van der Waals surface area (Å²) in [4.78, 5) is 16.1. The molecule has 2 aromatic rings. The Hall–Kier alpha value is -2.96. The molecule has 128 valence electrons. The van der Waals surface area contributed by atoms with E-state index in [1.165, 1.54) is 0 Å². The van der Waals surface area contributed by atoms with Gasteiger partial charge in [-0.15, -0.1) is 0 Å². The molecule has 2 rings (SSSR count). The molecule has 1 aromatic heterocycles. The predicted octanol–water partition coefficient (Wildman–Crippen LogP) is 1.38. The average molecular weight is 330 g/mol. The zero-order valence-electron chi connectivity index (χ0n) is 13.8. The van der Waals surface area contributed by atoms with Crippen molar-refractivity contribution in [2.24, 2.45) is 4.99 Å². The van der Waals surface area contributed by atoms with E-state index in [-0.39, 0.29) is 5.91 Å². The second-order valence-corrected chi connectivity index (χ2v) is 4.92. The zero-order valence-corrected chi connectivity index (χ0v) is 13.8. The van der Waals surface area contributed by atoms with Gasteiger partial charge in [0.15, 0.2) is 5.96 Å². The fraction of sp³-hybridized carbons (Fsp3) is 0.294. The molecular weight excluding hydrogens is 308 g/mol. The van der Waals surface area contributed by atoms with E-state index in [4.69, 9.17) is 9.15 Å². The van der Waals surface area contributed by atoms with Crippen molar-refractivity contribution in [1.29, 1.82) is 0 Å². The maximum absolute atomic E-state index is 12.0. The predicted molar refractivity (Wildman–Crippen MR) is 92.2 cm³/mol. The highest BCUT2D eigenvalue weighted by molar-refractivity contribution is 5.94. The van der Waals surface area contributed by atoms with Gasteiger partial charge in [0.1, 0.15) is 11.5 Å². The molecule has 7 nitrogen and oxygen atoms in total. The molecule has 7 heteroatoms. The van der Waals surface area contributed by atoms with Crippen LogP contribution in [0.1, 0.15) is 16.1 Å². The Balaban J connectivity index is 1.67. The van der Waals surface area contributed by atoms with Crippen molar-refractivity contribution in [3.63, 3.8) is 0 Å². The van der Waals surface area contributed by atoms with Gasteiger partial charge in [-0.05, 0) is 36.4 Å². The number of carbonyl (C=O) groups excluding carboxylic acids is 1. The molecule has 0 bridgehead atoms. The van der Waals surface area contributed by atoms with Crippen molar-refractivity contribution in [1.82, 2.24) is 16.0 Å². The smallest absolute Gasteiger partial charge is 0.251 e. The molecule has 24 heavy (non-hydrogen) atoms. The van der Waals surface area contributed by atoms with Crippen LogP contribution in [0.2, 0.25) is 0 Å². The molecule has 1 amide bonds. The zero-order chi connectivity index (χ0) is 17.2. The summed E-state index contributed by atoms with van der Waals surface area (Å²) in [6.45, 7) is 1.58. The van der Waals surface area contributed by atoms with E-state index < -0.39 is 0 Å². The fourth-order valence-electron chi connectivity index (χ4n) is 2.01. The third-order valence-electron chi connectivity index (χ3n) is 3.29. The molecule has 0 aliphatic carbocycles. The van der Waals surface area contributed by atoms with Crippen LogP contribution in [-0.2, 0) is 6.54 Å². The quantitative estimate of drug-likeness (QED) is 0.406. The molecule has 0 aliphatic rings. The van der Waals surface area contributed by atoms with E-state index in [0.29, 0.717) is 31.2 Å². The lowest BCUT2D eigenvalue weighted by Gasteiger charge is -2.11. The molecular formula is C17H22N4O3. The van der Waals surface area contributed by atoms with Crippen LogP contribution >= 0.6 is 0 Å². The molecule has 0 spiro atoms. The minimum Gasteiger partial charge on any atom is -0.497 e. The van der Waals surface area contributed by atoms with Gasteiger partial charge in [0.25, 0.3) is 5.91 Å². The number of hydrogen-bond donors (Lipinski definition) is 3. The number of benzene rings is 1. The van der Waals surface area contributed by atoms with Crippen LogP contribution in [0.4, 0.5) is 0 Å². The third-order valence-corrected chi connectivity index (χ3v) is 3.29. The summed E-state index contributed by atoms with van der Waals surface area (Å²) < 4.78 is 10.3. The molecule has 1 aromatic carbocycles. The first-order valence-electron chi connectivity index (χ1n) is 7.62. The first-order chi connectivity index (χ1) is 11.7. The summed E-state index contributed by atoms with van der Waals surface area (Å²) >= 11 is 0. The molecule has 0 radical (unpaired) electrons. The molecule has 0 saturated heterocycles. The lowest BCUT2D eigenvalue weighted by molar-refractivity contribution is 0.0954. The largest absolute Gasteiger partial charge is 0.497 e. The lowest BCUT2D eigenvalue weighted by atomic mass is 10.2. The van der Waals surface area contributed by atoms with E-state index in [1.807, 2.05) is 12.1 Å². The second kappa shape index (κ2) is 9.24. The number of amides is 1. The van der Waals surface area contributed by atoms with Gasteiger partial charge in [0.05, 0.1) is 19.9 Å². The van der Waals surface area contributed by atoms with Gasteiger partial charge in [-0.1, -0.05) is 0 Å². The van der Waals surface area contributed by atoms with Gasteiger partial charge < -0.3 is 25.1 Å². The molecule has 3 N–H and O–H groups in total. The Morgan fingerprint density at radius 2 is 1.88 bits per heavy atom. The molecule has 0 aliphatic heterocycles. The maximum atomic E-state index is 12.0. The molecule has 0 unspecified atom stereocenters. The van der Waals surface area contributed by atoms with Crippen molar-refractivity contribution in [2.75, 3.05) is 27.2 Å². The van der Waals surface area contributed by atoms with Gasteiger partial charge in [0.2, 0.25) is 0 Å². The van der Waals surface area contributed by atoms with Crippen LogP contribution in [0.5, 0.6) is 5.75 Å². The Labute approximate surface area is 141 Å². The summed E-state index contributed by atoms with van der Waals surface area (Å²) in [7, 11) is 3.28. The Kier molecular flexibility index (Phi) is 6.70. The summed E-state index contributed by atoms with van der Waals surface area (Å²) in [5.41, 5.74) is 0.594. The number of furan rings is 1. The number of ether oxygens (including phenoxy) is 1. The normalized spacial score (nSPS) is 11.0. The monoisotopic (exact) mass is 330 g/mol. The second-order valence-electron chi connectivity index (χ2n) is 4.92. The Morgan fingerprint density at radius 1 is 1.12 bits per heavy atom. The molecule has 0 saturated carbocycles. The number of nitrogens with one attached hydrogen (secondary N) is 3. The van der Waals surface area contributed by atoms with Crippen LogP contribution < -0.4 is 20.7 Å². The summed E-state index contributed by atoms with van der Waals surface area (Å²) in [5.74, 6) is 2.06. The fourth-order valence-corrected chi connectivity index (χ4v) is 2.01. The number of rotatable bonds is 7. The molecule has 0 atom stereocenters. The van der Waals surface area contributed by atoms with Crippen molar-refractivity contribution >= 4 is 11.9 Å². The standard InChI is InChI=1S/C17H22N4O3/c1-18-17(21-12-15-4-3-11-24-15)20-10-9-19-16(22)13-5-7-14(23-2)8-6-13/h3-8,11H,9-10,12H2,1-2H3,(H,19,22)(H2,18,20,21). The number of guanidine groups is 1. The number of aliphatic imine (C=N–C) groups is 1. The van der Waals surface area contributed by atoms with Crippen molar-refractivity contribution in [3.05, 3.63) is 54.0 Å². The van der Waals surface area contributed by atoms with E-state index in [9.17, 15) is 4.79 Å². The van der Waals surface area contributed by atoms with Crippen molar-refractivity contribution < 1.29 is 13.9 Å². The van der Waals surface area contributed by atoms with Crippen LogP contribution in [0.15, 0.2) is 52.1 Å². The van der Waals surface area contributed by atoms with Gasteiger partial charge in [0, 0.05) is 25.7 Å². The first-order valence-corrected chi connectivity index (χ1v) is 7.62. The van der Waals surface area contributed by atoms with Crippen LogP contribution in [-0.4, -0.2) is 39.1 Å². The highest BCUT2D eigenvalue weighted by Crippen LogP contribution is 2.10. The van der Waals surface area contributed by atoms with Crippen molar-refractivity contribution in [3.8, 4) is 5.75 Å². The SMILES string of the molecule is CN=C(NCCNC(=O)c1ccc(OC)cc1)NCc1ccco1. The van der Waals surface area contributed by atoms with Gasteiger partial charge in [-0.25, -0.2) is 0 Å². The average Bonchev–Trinajstić information content (AvgIpc) is 3.14. The highest BCUT2D eigenvalue weighted by atomic mass is 16.5. The maximum Gasteiger partial charge on any atom is 0.251 e. The van der Waals surface area contributed by atoms with E-state index >= 15 is 0 Å². The minimum absolute atomic E-state index is 0.127. The first kappa shape index (κ1) is 17.4. The number of nitrogens with zero attached hydrogens (tertiary/aromatic N) is 1. The van der Waals surface area contributed by atoms with Crippen LogP contribution in [0.3, 0.4) is 0 Å². The molecule has 1 heterocycles. The lowest BCUT2D eigenvalue weighted by Crippen LogP contribution is -2.41. The summed E-state index contributed by atoms with van der Waals surface area (Å²) in [5, 5.41) is 9.08. The number of methoxy groups -OCH3 is 1. The van der Waals surface area contributed by atoms with Crippen LogP contribution in [0.25, 0.3) is 0 Å². The third kappa shape index (κ3) is 5.35. The summed E-state index contributed by atoms with van der Waals surface area (Å²) in [6.07, 6.45) is 1.63. The Bertz CT molecular complexity index is 651. The number of hydrogen-bond acceptors (Lipinski definition) is 4. The van der Waals surface area contributed by atoms with Gasteiger partial charge in [-0.2, -0.15) is 0 Å². The van der Waals surface area contributed by atoms with Crippen LogP contribution in [0, 0.1) is 0 Å². The molecule has 0 fully saturated rings. The van der Waals surface area contributed by atoms with E-state index in [1.54, 1.807) is 44.7 Å². The Morgan fingerprint density at radius 3 is 2.50 bits per heavy atom. The van der Waals surface area contributed by atoms with Gasteiger partial charge in [-0.3, -0.25) is 9.79 Å². The van der Waals surface area contributed by atoms with Gasteiger partial charge >= 0.3 is 0 Å². The topological polar surface area (TPSA) is 87.9 Å². The van der Waals surface area contributed by atoms with E-state index in [0.717, 1.165) is 11.5 Å². The highest BCUT2D eigenvalue weighted by Gasteiger charge is 2.05. The van der Waals surface area contributed by atoms with E-state index in [2.05, 4.69) is 20.9 Å². The van der Waals surface area contributed by atoms with Crippen molar-refractivity contribution in [2.45, 2.75) is 6.54 Å². The minimum atomic E-state index is -0.127.